The molecule has 118 valence electrons. The topological polar surface area (TPSA) is 79.4 Å². The highest BCUT2D eigenvalue weighted by Gasteiger charge is 2.14. The van der Waals surface area contributed by atoms with Crippen LogP contribution in [0, 0.1) is 6.92 Å². The summed E-state index contributed by atoms with van der Waals surface area (Å²) in [6.45, 7) is 2.06. The zero-order valence-electron chi connectivity index (χ0n) is 12.8. The van der Waals surface area contributed by atoms with Crippen LogP contribution in [-0.4, -0.2) is 43.5 Å². The summed E-state index contributed by atoms with van der Waals surface area (Å²) < 4.78 is 23.8. The zero-order valence-corrected chi connectivity index (χ0v) is 13.6. The Hall–Kier alpha value is -1.99. The van der Waals surface area contributed by atoms with Gasteiger partial charge in [-0.05, 0) is 18.6 Å². The van der Waals surface area contributed by atoms with E-state index in [-0.39, 0.29) is 18.9 Å². The molecule has 7 heteroatoms. The molecule has 0 aliphatic heterocycles. The molecule has 0 spiro atoms. The fraction of sp³-hybridized carbons (Fsp3) is 0.333. The Kier molecular flexibility index (Phi) is 4.77. The van der Waals surface area contributed by atoms with E-state index in [2.05, 4.69) is 10.3 Å². The van der Waals surface area contributed by atoms with Crippen LogP contribution in [0.1, 0.15) is 12.0 Å². The number of carbonyl (C=O) groups excluding carboxylic acids is 1. The van der Waals surface area contributed by atoms with Crippen molar-refractivity contribution in [3.05, 3.63) is 36.2 Å². The first-order valence-corrected chi connectivity index (χ1v) is 8.68. The lowest BCUT2D eigenvalue weighted by atomic mass is 10.1. The predicted molar refractivity (Wildman–Crippen MR) is 87.2 cm³/mol. The van der Waals surface area contributed by atoms with E-state index in [0.29, 0.717) is 0 Å². The number of carbonyl (C=O) groups is 1. The lowest BCUT2D eigenvalue weighted by molar-refractivity contribution is -0.116. The van der Waals surface area contributed by atoms with E-state index in [4.69, 9.17) is 0 Å². The van der Waals surface area contributed by atoms with E-state index in [0.717, 1.165) is 32.6 Å². The monoisotopic (exact) mass is 321 g/mol. The maximum Gasteiger partial charge on any atom is 0.225 e. The molecule has 22 heavy (non-hydrogen) atoms. The average molecular weight is 321 g/mol. The highest BCUT2D eigenvalue weighted by atomic mass is 32.2. The Balaban J connectivity index is 2.14. The van der Waals surface area contributed by atoms with Gasteiger partial charge in [-0.1, -0.05) is 12.1 Å². The maximum atomic E-state index is 12.1. The largest absolute Gasteiger partial charge is 0.325 e. The standard InChI is InChI=1S/C15H19N3O3S/c1-11-4-5-12-10-16-8-6-13(12)15(11)17-14(19)7-9-18(2)22(3,20)21/h4-6,8,10H,7,9H2,1-3H3,(H,17,19). The summed E-state index contributed by atoms with van der Waals surface area (Å²) >= 11 is 0. The lowest BCUT2D eigenvalue weighted by Gasteiger charge is -2.15. The highest BCUT2D eigenvalue weighted by Crippen LogP contribution is 2.26. The average Bonchev–Trinajstić information content (AvgIpc) is 2.46. The van der Waals surface area contributed by atoms with E-state index in [9.17, 15) is 13.2 Å². The molecule has 0 bridgehead atoms. The number of anilines is 1. The van der Waals surface area contributed by atoms with E-state index in [1.54, 1.807) is 12.4 Å². The van der Waals surface area contributed by atoms with Crippen molar-refractivity contribution >= 4 is 32.4 Å². The van der Waals surface area contributed by atoms with Crippen LogP contribution in [0.5, 0.6) is 0 Å². The molecular formula is C15H19N3O3S. The number of benzene rings is 1. The Morgan fingerprint density at radius 2 is 2.05 bits per heavy atom. The molecule has 6 nitrogen and oxygen atoms in total. The van der Waals surface area contributed by atoms with Gasteiger partial charge in [-0.2, -0.15) is 0 Å². The number of amides is 1. The molecule has 2 aromatic rings. The first-order chi connectivity index (χ1) is 10.3. The van der Waals surface area contributed by atoms with Gasteiger partial charge in [0.05, 0.1) is 11.9 Å². The van der Waals surface area contributed by atoms with Gasteiger partial charge in [0.2, 0.25) is 15.9 Å². The molecule has 0 saturated heterocycles. The quantitative estimate of drug-likeness (QED) is 0.910. The number of pyridine rings is 1. The van der Waals surface area contributed by atoms with Crippen LogP contribution in [0.2, 0.25) is 0 Å². The van der Waals surface area contributed by atoms with Crippen LogP contribution < -0.4 is 5.32 Å². The highest BCUT2D eigenvalue weighted by molar-refractivity contribution is 7.88. The van der Waals surface area contributed by atoms with E-state index in [1.165, 1.54) is 7.05 Å². The van der Waals surface area contributed by atoms with Gasteiger partial charge in [0.25, 0.3) is 0 Å². The van der Waals surface area contributed by atoms with Gasteiger partial charge in [-0.3, -0.25) is 9.78 Å². The molecule has 0 saturated carbocycles. The third-order valence-electron chi connectivity index (χ3n) is 3.51. The lowest BCUT2D eigenvalue weighted by Crippen LogP contribution is -2.29. The van der Waals surface area contributed by atoms with Crippen LogP contribution in [0.15, 0.2) is 30.6 Å². The van der Waals surface area contributed by atoms with E-state index >= 15 is 0 Å². The number of sulfonamides is 1. The number of fused-ring (bicyclic) bond motifs is 1. The molecule has 1 aromatic heterocycles. The first-order valence-electron chi connectivity index (χ1n) is 6.83. The van der Waals surface area contributed by atoms with Crippen LogP contribution in [-0.2, 0) is 14.8 Å². The molecule has 1 aromatic carbocycles. The first kappa shape index (κ1) is 16.4. The normalized spacial score (nSPS) is 11.8. The molecule has 1 N–H and O–H groups in total. The summed E-state index contributed by atoms with van der Waals surface area (Å²) in [5, 5.41) is 4.73. The molecule has 1 amide bonds. The summed E-state index contributed by atoms with van der Waals surface area (Å²) in [6, 6.07) is 5.72. The summed E-state index contributed by atoms with van der Waals surface area (Å²) in [7, 11) is -1.81. The van der Waals surface area contributed by atoms with Crippen molar-refractivity contribution in [2.75, 3.05) is 25.2 Å². The fourth-order valence-electron chi connectivity index (χ4n) is 2.07. The van der Waals surface area contributed by atoms with Gasteiger partial charge in [0.15, 0.2) is 0 Å². The number of rotatable bonds is 5. The van der Waals surface area contributed by atoms with Crippen molar-refractivity contribution in [3.8, 4) is 0 Å². The molecule has 2 rings (SSSR count). The third kappa shape index (κ3) is 3.80. The van der Waals surface area contributed by atoms with Crippen molar-refractivity contribution in [1.82, 2.24) is 9.29 Å². The third-order valence-corrected chi connectivity index (χ3v) is 4.83. The number of aryl methyl sites for hydroxylation is 1. The van der Waals surface area contributed by atoms with Crippen molar-refractivity contribution < 1.29 is 13.2 Å². The Morgan fingerprint density at radius 1 is 1.32 bits per heavy atom. The van der Waals surface area contributed by atoms with Gasteiger partial charge >= 0.3 is 0 Å². The maximum absolute atomic E-state index is 12.1. The molecule has 0 atom stereocenters. The van der Waals surface area contributed by atoms with Crippen LogP contribution in [0.4, 0.5) is 5.69 Å². The summed E-state index contributed by atoms with van der Waals surface area (Å²) in [5.41, 5.74) is 1.69. The van der Waals surface area contributed by atoms with Crippen molar-refractivity contribution in [2.24, 2.45) is 0 Å². The Bertz CT molecular complexity index is 803. The smallest absolute Gasteiger partial charge is 0.225 e. The van der Waals surface area contributed by atoms with Gasteiger partial charge in [0.1, 0.15) is 0 Å². The number of aromatic nitrogens is 1. The second kappa shape index (κ2) is 6.41. The molecule has 1 heterocycles. The Labute approximate surface area is 130 Å². The molecule has 0 aliphatic carbocycles. The van der Waals surface area contributed by atoms with Crippen LogP contribution in [0.25, 0.3) is 10.8 Å². The zero-order chi connectivity index (χ0) is 16.3. The van der Waals surface area contributed by atoms with Gasteiger partial charge < -0.3 is 5.32 Å². The van der Waals surface area contributed by atoms with E-state index < -0.39 is 10.0 Å². The van der Waals surface area contributed by atoms with Crippen molar-refractivity contribution in [2.45, 2.75) is 13.3 Å². The summed E-state index contributed by atoms with van der Waals surface area (Å²) in [5.74, 6) is -0.220. The number of nitrogens with zero attached hydrogens (tertiary/aromatic N) is 2. The number of hydrogen-bond acceptors (Lipinski definition) is 4. The van der Waals surface area contributed by atoms with Crippen molar-refractivity contribution in [3.63, 3.8) is 0 Å². The fourth-order valence-corrected chi connectivity index (χ4v) is 2.49. The van der Waals surface area contributed by atoms with Crippen molar-refractivity contribution in [1.29, 1.82) is 0 Å². The Morgan fingerprint density at radius 3 is 2.73 bits per heavy atom. The molecule has 0 aliphatic rings. The van der Waals surface area contributed by atoms with E-state index in [1.807, 2.05) is 25.1 Å². The minimum absolute atomic E-state index is 0.102. The number of nitrogens with one attached hydrogen (secondary N) is 1. The van der Waals surface area contributed by atoms with Gasteiger partial charge in [-0.15, -0.1) is 0 Å². The molecule has 0 radical (unpaired) electrons. The summed E-state index contributed by atoms with van der Waals surface area (Å²) in [6.07, 6.45) is 4.63. The van der Waals surface area contributed by atoms with Crippen LogP contribution in [0.3, 0.4) is 0 Å². The van der Waals surface area contributed by atoms with Gasteiger partial charge in [0, 0.05) is 43.2 Å². The predicted octanol–water partition coefficient (Wildman–Crippen LogP) is 1.76. The second-order valence-electron chi connectivity index (χ2n) is 5.24. The minimum atomic E-state index is -3.27. The second-order valence-corrected chi connectivity index (χ2v) is 7.33. The molecular weight excluding hydrogens is 302 g/mol. The molecule has 0 fully saturated rings. The minimum Gasteiger partial charge on any atom is -0.325 e. The SMILES string of the molecule is Cc1ccc2cnccc2c1NC(=O)CCN(C)S(C)(=O)=O. The molecule has 0 unspecified atom stereocenters. The number of hydrogen-bond donors (Lipinski definition) is 1. The summed E-state index contributed by atoms with van der Waals surface area (Å²) in [4.78, 5) is 16.2. The van der Waals surface area contributed by atoms with Gasteiger partial charge in [-0.25, -0.2) is 12.7 Å². The van der Waals surface area contributed by atoms with Crippen LogP contribution >= 0.6 is 0 Å².